The number of thioether (sulfide) groups is 1. The first-order valence-corrected chi connectivity index (χ1v) is 12.9. The highest BCUT2D eigenvalue weighted by Gasteiger charge is 2.37. The van der Waals surface area contributed by atoms with Crippen LogP contribution in [0.15, 0.2) is 74.6 Å². The van der Waals surface area contributed by atoms with E-state index >= 15 is 0 Å². The van der Waals surface area contributed by atoms with E-state index in [4.69, 9.17) is 21.1 Å². The third-order valence-corrected chi connectivity index (χ3v) is 7.68. The average Bonchev–Trinajstić information content (AvgIpc) is 3.20. The van der Waals surface area contributed by atoms with Gasteiger partial charge in [-0.3, -0.25) is 14.5 Å². The Bertz CT molecular complexity index is 1250. The number of amides is 2. The Morgan fingerprint density at radius 3 is 2.63 bits per heavy atom. The molecule has 5 rings (SSSR count). The monoisotopic (exact) mass is 506 g/mol. The molecule has 3 aromatic rings. The molecule has 2 fully saturated rings. The number of nitrogens with zero attached hydrogens (tertiary/aromatic N) is 2. The van der Waals surface area contributed by atoms with E-state index in [9.17, 15) is 9.59 Å². The highest BCUT2D eigenvalue weighted by atomic mass is 32.2. The van der Waals surface area contributed by atoms with Crippen molar-refractivity contribution in [3.63, 3.8) is 0 Å². The highest BCUT2D eigenvalue weighted by Crippen LogP contribution is 2.47. The van der Waals surface area contributed by atoms with Crippen LogP contribution in [0.1, 0.15) is 48.5 Å². The Morgan fingerprint density at radius 1 is 1.14 bits per heavy atom. The van der Waals surface area contributed by atoms with Gasteiger partial charge in [-0.25, -0.2) is 0 Å². The van der Waals surface area contributed by atoms with Crippen LogP contribution >= 0.6 is 24.0 Å². The molecule has 1 aliphatic carbocycles. The maximum atomic E-state index is 13.3. The summed E-state index contributed by atoms with van der Waals surface area (Å²) in [5.41, 5.74) is 0.937. The van der Waals surface area contributed by atoms with Gasteiger partial charge in [-0.1, -0.05) is 61.2 Å². The SMILES string of the molecule is CC1CC1c1ccc(CN(Cc2ccco2)C(=O)CCN2C(=O)/C(=C/c3ccccc3)SC2=S)o1. The van der Waals surface area contributed by atoms with E-state index < -0.39 is 0 Å². The number of hydrogen-bond donors (Lipinski definition) is 0. The minimum absolute atomic E-state index is 0.0970. The largest absolute Gasteiger partial charge is 0.467 e. The van der Waals surface area contributed by atoms with E-state index in [1.54, 1.807) is 17.2 Å². The van der Waals surface area contributed by atoms with Crippen LogP contribution in [0.5, 0.6) is 0 Å². The van der Waals surface area contributed by atoms with Crippen molar-refractivity contribution in [3.05, 3.63) is 88.6 Å². The number of rotatable bonds is 9. The van der Waals surface area contributed by atoms with Crippen LogP contribution in [-0.4, -0.2) is 32.5 Å². The summed E-state index contributed by atoms with van der Waals surface area (Å²) >= 11 is 6.71. The van der Waals surface area contributed by atoms with Crippen molar-refractivity contribution in [1.82, 2.24) is 9.80 Å². The van der Waals surface area contributed by atoms with E-state index in [1.165, 1.54) is 16.7 Å². The predicted octanol–water partition coefficient (Wildman–Crippen LogP) is 5.82. The molecule has 2 aromatic heterocycles. The summed E-state index contributed by atoms with van der Waals surface area (Å²) in [6.07, 6.45) is 4.72. The van der Waals surface area contributed by atoms with Gasteiger partial charge in [0.2, 0.25) is 5.91 Å². The second-order valence-corrected chi connectivity index (χ2v) is 10.6. The summed E-state index contributed by atoms with van der Waals surface area (Å²) in [5.74, 6) is 3.29. The molecule has 35 heavy (non-hydrogen) atoms. The van der Waals surface area contributed by atoms with Crippen molar-refractivity contribution in [1.29, 1.82) is 0 Å². The second kappa shape index (κ2) is 10.3. The Kier molecular flexibility index (Phi) is 6.92. The van der Waals surface area contributed by atoms with Crippen molar-refractivity contribution in [2.75, 3.05) is 6.54 Å². The molecule has 6 nitrogen and oxygen atoms in total. The minimum atomic E-state index is -0.163. The van der Waals surface area contributed by atoms with E-state index in [2.05, 4.69) is 6.92 Å². The smallest absolute Gasteiger partial charge is 0.266 e. The molecular formula is C27H26N2O4S2. The van der Waals surface area contributed by atoms with Crippen molar-refractivity contribution in [2.45, 2.75) is 38.8 Å². The molecule has 2 unspecified atom stereocenters. The molecule has 2 atom stereocenters. The molecule has 180 valence electrons. The molecule has 1 saturated carbocycles. The maximum Gasteiger partial charge on any atom is 0.266 e. The van der Waals surface area contributed by atoms with Crippen molar-refractivity contribution in [3.8, 4) is 0 Å². The Balaban J connectivity index is 1.24. The van der Waals surface area contributed by atoms with E-state index in [0.717, 1.165) is 23.5 Å². The van der Waals surface area contributed by atoms with Gasteiger partial charge in [0.15, 0.2) is 0 Å². The van der Waals surface area contributed by atoms with Crippen LogP contribution in [0.4, 0.5) is 0 Å². The number of thiocarbonyl (C=S) groups is 1. The molecule has 2 amide bonds. The van der Waals surface area contributed by atoms with Crippen LogP contribution in [0.3, 0.4) is 0 Å². The van der Waals surface area contributed by atoms with E-state index in [-0.39, 0.29) is 24.8 Å². The van der Waals surface area contributed by atoms with Crippen LogP contribution in [0.25, 0.3) is 6.08 Å². The van der Waals surface area contributed by atoms with Gasteiger partial charge >= 0.3 is 0 Å². The number of hydrogen-bond acceptors (Lipinski definition) is 6. The van der Waals surface area contributed by atoms with Crippen molar-refractivity contribution >= 4 is 46.2 Å². The third kappa shape index (κ3) is 5.60. The van der Waals surface area contributed by atoms with Gasteiger partial charge in [0.25, 0.3) is 5.91 Å². The van der Waals surface area contributed by atoms with Crippen LogP contribution in [-0.2, 0) is 22.7 Å². The molecule has 3 heterocycles. The van der Waals surface area contributed by atoms with Gasteiger partial charge < -0.3 is 13.7 Å². The standard InChI is InChI=1S/C27H26N2O4S2/c1-18-14-22(18)23-10-9-21(33-23)17-28(16-20-8-5-13-32-20)25(30)11-12-29-26(31)24(35-27(29)34)15-19-6-3-2-4-7-19/h2-10,13,15,18,22H,11-12,14,16-17H2,1H3/b24-15-. The first-order valence-electron chi connectivity index (χ1n) is 11.7. The number of carbonyl (C=O) groups excluding carboxylic acids is 2. The molecule has 2 aliphatic rings. The van der Waals surface area contributed by atoms with Gasteiger partial charge in [-0.2, -0.15) is 0 Å². The van der Waals surface area contributed by atoms with Gasteiger partial charge in [0.05, 0.1) is 24.3 Å². The van der Waals surface area contributed by atoms with Crippen molar-refractivity contribution in [2.24, 2.45) is 5.92 Å². The lowest BCUT2D eigenvalue weighted by Crippen LogP contribution is -2.35. The second-order valence-electron chi connectivity index (χ2n) is 8.95. The Morgan fingerprint density at radius 2 is 1.91 bits per heavy atom. The van der Waals surface area contributed by atoms with E-state index in [0.29, 0.717) is 39.9 Å². The van der Waals surface area contributed by atoms with E-state index in [1.807, 2.05) is 54.6 Å². The number of benzene rings is 1. The van der Waals surface area contributed by atoms with Gasteiger partial charge in [-0.05, 0) is 48.2 Å². The number of furan rings is 2. The Labute approximate surface area is 214 Å². The van der Waals surface area contributed by atoms with Crippen LogP contribution in [0, 0.1) is 5.92 Å². The van der Waals surface area contributed by atoms with Crippen molar-refractivity contribution < 1.29 is 18.4 Å². The summed E-state index contributed by atoms with van der Waals surface area (Å²) in [6, 6.07) is 17.2. The summed E-state index contributed by atoms with van der Waals surface area (Å²) in [7, 11) is 0. The molecule has 1 saturated heterocycles. The quantitative estimate of drug-likeness (QED) is 0.269. The molecule has 1 aliphatic heterocycles. The zero-order valence-electron chi connectivity index (χ0n) is 19.4. The summed E-state index contributed by atoms with van der Waals surface area (Å²) < 4.78 is 12.0. The fourth-order valence-corrected chi connectivity index (χ4v) is 5.48. The lowest BCUT2D eigenvalue weighted by atomic mass is 10.2. The topological polar surface area (TPSA) is 66.9 Å². The first kappa shape index (κ1) is 23.6. The molecule has 1 aromatic carbocycles. The lowest BCUT2D eigenvalue weighted by molar-refractivity contribution is -0.133. The fourth-order valence-electron chi connectivity index (χ4n) is 4.17. The van der Waals surface area contributed by atoms with Gasteiger partial charge in [-0.15, -0.1) is 0 Å². The highest BCUT2D eigenvalue weighted by molar-refractivity contribution is 8.26. The third-order valence-electron chi connectivity index (χ3n) is 6.30. The normalized spacial score (nSPS) is 20.6. The summed E-state index contributed by atoms with van der Waals surface area (Å²) in [4.78, 5) is 30.0. The van der Waals surface area contributed by atoms with Crippen LogP contribution < -0.4 is 0 Å². The molecule has 0 N–H and O–H groups in total. The molecule has 0 bridgehead atoms. The minimum Gasteiger partial charge on any atom is -0.467 e. The summed E-state index contributed by atoms with van der Waals surface area (Å²) in [5, 5.41) is 0. The van der Waals surface area contributed by atoms with Gasteiger partial charge in [0.1, 0.15) is 21.6 Å². The first-order chi connectivity index (χ1) is 17.0. The molecule has 0 spiro atoms. The molecular weight excluding hydrogens is 480 g/mol. The fraction of sp³-hybridized carbons (Fsp3) is 0.296. The Hall–Kier alpha value is -3.10. The predicted molar refractivity (Wildman–Crippen MR) is 139 cm³/mol. The molecule has 8 heteroatoms. The zero-order valence-corrected chi connectivity index (χ0v) is 21.0. The average molecular weight is 507 g/mol. The lowest BCUT2D eigenvalue weighted by Gasteiger charge is -2.22. The van der Waals surface area contributed by atoms with Crippen LogP contribution in [0.2, 0.25) is 0 Å². The maximum absolute atomic E-state index is 13.3. The molecule has 0 radical (unpaired) electrons. The number of carbonyl (C=O) groups is 2. The van der Waals surface area contributed by atoms with Gasteiger partial charge in [0, 0.05) is 18.9 Å². The zero-order chi connectivity index (χ0) is 24.4. The summed E-state index contributed by atoms with van der Waals surface area (Å²) in [6.45, 7) is 3.11.